The first-order valence-corrected chi connectivity index (χ1v) is 8.51. The zero-order valence-corrected chi connectivity index (χ0v) is 15.2. The predicted octanol–water partition coefficient (Wildman–Crippen LogP) is 4.86. The average Bonchev–Trinajstić information content (AvgIpc) is 2.56. The van der Waals surface area contributed by atoms with Crippen molar-refractivity contribution in [3.05, 3.63) is 52.5 Å². The lowest BCUT2D eigenvalue weighted by molar-refractivity contribution is -0.118. The molecule has 128 valence electrons. The highest BCUT2D eigenvalue weighted by atomic mass is 35.5. The van der Waals surface area contributed by atoms with Gasteiger partial charge in [-0.3, -0.25) is 4.79 Å². The number of nitrogens with zero attached hydrogens (tertiary/aromatic N) is 1. The molecule has 0 radical (unpaired) electrons. The van der Waals surface area contributed by atoms with E-state index in [2.05, 4.69) is 24.1 Å². The molecule has 1 N–H and O–H groups in total. The van der Waals surface area contributed by atoms with Crippen LogP contribution in [-0.2, 0) is 4.79 Å². The largest absolute Gasteiger partial charge is 0.482 e. The highest BCUT2D eigenvalue weighted by Crippen LogP contribution is 2.27. The Morgan fingerprint density at radius 2 is 1.75 bits per heavy atom. The standard InChI is InChI=1S/C18H20Cl2N2O2/c1-3-22(4-2)15-8-6-14(7-9-15)21-18(23)12-24-17-10-5-13(19)11-16(17)20/h5-11H,3-4,12H2,1-2H3,(H,21,23). The molecule has 0 atom stereocenters. The molecular weight excluding hydrogens is 347 g/mol. The van der Waals surface area contributed by atoms with E-state index >= 15 is 0 Å². The fourth-order valence-electron chi connectivity index (χ4n) is 2.28. The molecule has 0 aliphatic rings. The number of hydrogen-bond acceptors (Lipinski definition) is 3. The van der Waals surface area contributed by atoms with Gasteiger partial charge in [0.05, 0.1) is 5.02 Å². The van der Waals surface area contributed by atoms with Crippen molar-refractivity contribution in [3.63, 3.8) is 0 Å². The molecular formula is C18H20Cl2N2O2. The Bertz CT molecular complexity index is 686. The van der Waals surface area contributed by atoms with Gasteiger partial charge in [-0.15, -0.1) is 0 Å². The van der Waals surface area contributed by atoms with Gasteiger partial charge in [-0.25, -0.2) is 0 Å². The van der Waals surface area contributed by atoms with Crippen LogP contribution in [-0.4, -0.2) is 25.6 Å². The van der Waals surface area contributed by atoms with Crippen LogP contribution in [0.5, 0.6) is 5.75 Å². The summed E-state index contributed by atoms with van der Waals surface area (Å²) in [6, 6.07) is 12.6. The van der Waals surface area contributed by atoms with Gasteiger partial charge in [0.2, 0.25) is 0 Å². The van der Waals surface area contributed by atoms with E-state index in [1.807, 2.05) is 24.3 Å². The first-order valence-electron chi connectivity index (χ1n) is 7.76. The van der Waals surface area contributed by atoms with Crippen LogP contribution in [0.4, 0.5) is 11.4 Å². The summed E-state index contributed by atoms with van der Waals surface area (Å²) < 4.78 is 5.41. The number of halogens is 2. The van der Waals surface area contributed by atoms with Crippen molar-refractivity contribution in [3.8, 4) is 5.75 Å². The lowest BCUT2D eigenvalue weighted by Gasteiger charge is -2.21. The van der Waals surface area contributed by atoms with Gasteiger partial charge in [0.1, 0.15) is 5.75 Å². The van der Waals surface area contributed by atoms with Gasteiger partial charge in [0.25, 0.3) is 5.91 Å². The quantitative estimate of drug-likeness (QED) is 0.760. The summed E-state index contributed by atoms with van der Waals surface area (Å²) in [5.74, 6) is 0.171. The van der Waals surface area contributed by atoms with Gasteiger partial charge < -0.3 is 15.0 Å². The molecule has 2 aromatic carbocycles. The minimum atomic E-state index is -0.253. The number of benzene rings is 2. The van der Waals surface area contributed by atoms with E-state index in [1.54, 1.807) is 18.2 Å². The van der Waals surface area contributed by atoms with Crippen LogP contribution in [0.3, 0.4) is 0 Å². The Labute approximate surface area is 152 Å². The number of carbonyl (C=O) groups is 1. The monoisotopic (exact) mass is 366 g/mol. The van der Waals surface area contributed by atoms with E-state index in [9.17, 15) is 4.79 Å². The lowest BCUT2D eigenvalue weighted by Crippen LogP contribution is -2.22. The van der Waals surface area contributed by atoms with Crippen molar-refractivity contribution in [2.24, 2.45) is 0 Å². The van der Waals surface area contributed by atoms with E-state index < -0.39 is 0 Å². The van der Waals surface area contributed by atoms with E-state index in [-0.39, 0.29) is 12.5 Å². The first-order chi connectivity index (χ1) is 11.5. The molecule has 24 heavy (non-hydrogen) atoms. The Hall–Kier alpha value is -1.91. The second kappa shape index (κ2) is 8.81. The summed E-state index contributed by atoms with van der Waals surface area (Å²) in [5, 5.41) is 3.69. The van der Waals surface area contributed by atoms with Crippen LogP contribution < -0.4 is 15.0 Å². The predicted molar refractivity (Wildman–Crippen MR) is 101 cm³/mol. The summed E-state index contributed by atoms with van der Waals surface area (Å²) in [7, 11) is 0. The molecule has 1 amide bonds. The molecule has 2 aromatic rings. The van der Waals surface area contributed by atoms with Gasteiger partial charge in [-0.05, 0) is 56.3 Å². The lowest BCUT2D eigenvalue weighted by atomic mass is 10.2. The topological polar surface area (TPSA) is 41.6 Å². The third-order valence-corrected chi connectivity index (χ3v) is 4.06. The number of hydrogen-bond donors (Lipinski definition) is 1. The normalized spacial score (nSPS) is 10.3. The smallest absolute Gasteiger partial charge is 0.262 e. The second-order valence-electron chi connectivity index (χ2n) is 5.13. The minimum Gasteiger partial charge on any atom is -0.482 e. The maximum absolute atomic E-state index is 12.0. The fourth-order valence-corrected chi connectivity index (χ4v) is 2.74. The van der Waals surface area contributed by atoms with E-state index in [0.29, 0.717) is 15.8 Å². The highest BCUT2D eigenvalue weighted by molar-refractivity contribution is 6.35. The zero-order valence-electron chi connectivity index (χ0n) is 13.7. The number of rotatable bonds is 7. The molecule has 0 aliphatic heterocycles. The van der Waals surface area contributed by atoms with Crippen LogP contribution in [0, 0.1) is 0 Å². The van der Waals surface area contributed by atoms with Crippen LogP contribution in [0.1, 0.15) is 13.8 Å². The fraction of sp³-hybridized carbons (Fsp3) is 0.278. The Kier molecular flexibility index (Phi) is 6.76. The van der Waals surface area contributed by atoms with Gasteiger partial charge in [-0.2, -0.15) is 0 Å². The maximum atomic E-state index is 12.0. The SMILES string of the molecule is CCN(CC)c1ccc(NC(=O)COc2ccc(Cl)cc2Cl)cc1. The van der Waals surface area contributed by atoms with Gasteiger partial charge in [0.15, 0.2) is 6.61 Å². The number of nitrogens with one attached hydrogen (secondary N) is 1. The second-order valence-corrected chi connectivity index (χ2v) is 5.97. The minimum absolute atomic E-state index is 0.126. The van der Waals surface area contributed by atoms with Crippen molar-refractivity contribution >= 4 is 40.5 Å². The summed E-state index contributed by atoms with van der Waals surface area (Å²) in [4.78, 5) is 14.2. The maximum Gasteiger partial charge on any atom is 0.262 e. The Balaban J connectivity index is 1.90. The van der Waals surface area contributed by atoms with Crippen molar-refractivity contribution in [1.82, 2.24) is 0 Å². The number of amides is 1. The van der Waals surface area contributed by atoms with Gasteiger partial charge in [0, 0.05) is 29.5 Å². The van der Waals surface area contributed by atoms with Gasteiger partial charge >= 0.3 is 0 Å². The summed E-state index contributed by atoms with van der Waals surface area (Å²) in [6.07, 6.45) is 0. The molecule has 0 saturated carbocycles. The Morgan fingerprint density at radius 1 is 1.08 bits per heavy atom. The molecule has 6 heteroatoms. The molecule has 2 rings (SSSR count). The molecule has 0 saturated heterocycles. The summed E-state index contributed by atoms with van der Waals surface area (Å²) >= 11 is 11.8. The van der Waals surface area contributed by atoms with Crippen molar-refractivity contribution in [2.75, 3.05) is 29.9 Å². The molecule has 4 nitrogen and oxygen atoms in total. The van der Waals surface area contributed by atoms with Crippen molar-refractivity contribution in [1.29, 1.82) is 0 Å². The third-order valence-electron chi connectivity index (χ3n) is 3.53. The number of anilines is 2. The van der Waals surface area contributed by atoms with Crippen molar-refractivity contribution < 1.29 is 9.53 Å². The third kappa shape index (κ3) is 5.05. The highest BCUT2D eigenvalue weighted by Gasteiger charge is 2.08. The first kappa shape index (κ1) is 18.4. The molecule has 0 unspecified atom stereocenters. The molecule has 0 heterocycles. The molecule has 0 aromatic heterocycles. The van der Waals surface area contributed by atoms with Crippen molar-refractivity contribution in [2.45, 2.75) is 13.8 Å². The van der Waals surface area contributed by atoms with E-state index in [1.165, 1.54) is 0 Å². The average molecular weight is 367 g/mol. The Morgan fingerprint density at radius 3 is 2.33 bits per heavy atom. The summed E-state index contributed by atoms with van der Waals surface area (Å²) in [6.45, 7) is 5.98. The molecule has 0 fully saturated rings. The van der Waals surface area contributed by atoms with Crippen LogP contribution in [0.2, 0.25) is 10.0 Å². The van der Waals surface area contributed by atoms with E-state index in [4.69, 9.17) is 27.9 Å². The molecule has 0 bridgehead atoms. The zero-order chi connectivity index (χ0) is 17.5. The number of carbonyl (C=O) groups excluding carboxylic acids is 1. The van der Waals surface area contributed by atoms with Crippen LogP contribution >= 0.6 is 23.2 Å². The molecule has 0 aliphatic carbocycles. The van der Waals surface area contributed by atoms with Crippen LogP contribution in [0.15, 0.2) is 42.5 Å². The van der Waals surface area contributed by atoms with E-state index in [0.717, 1.165) is 24.5 Å². The summed E-state index contributed by atoms with van der Waals surface area (Å²) in [5.41, 5.74) is 1.85. The van der Waals surface area contributed by atoms with Crippen LogP contribution in [0.25, 0.3) is 0 Å². The number of ether oxygens (including phenoxy) is 1. The molecule has 0 spiro atoms. The van der Waals surface area contributed by atoms with Gasteiger partial charge in [-0.1, -0.05) is 23.2 Å².